The van der Waals surface area contributed by atoms with Gasteiger partial charge in [-0.2, -0.15) is 9.50 Å². The van der Waals surface area contributed by atoms with Crippen LogP contribution in [0.25, 0.3) is 28.7 Å². The molecule has 1 N–H and O–H groups in total. The highest BCUT2D eigenvalue weighted by molar-refractivity contribution is 5.94. The molecule has 0 fully saturated rings. The van der Waals surface area contributed by atoms with Crippen molar-refractivity contribution in [2.45, 2.75) is 13.8 Å². The lowest BCUT2D eigenvalue weighted by atomic mass is 10.1. The molecular formula is C21H16N6O5. The fraction of sp³-hybridized carbons (Fsp3) is 0.0952. The fourth-order valence-electron chi connectivity index (χ4n) is 3.09. The van der Waals surface area contributed by atoms with Gasteiger partial charge in [-0.15, -0.1) is 5.10 Å². The lowest BCUT2D eigenvalue weighted by Gasteiger charge is -2.06. The number of non-ortho nitro benzene ring substituents is 1. The van der Waals surface area contributed by atoms with Crippen molar-refractivity contribution in [3.05, 3.63) is 64.0 Å². The topological polar surface area (TPSA) is 142 Å². The summed E-state index contributed by atoms with van der Waals surface area (Å²) in [7, 11) is 0. The van der Waals surface area contributed by atoms with Crippen LogP contribution >= 0.6 is 0 Å². The van der Waals surface area contributed by atoms with Gasteiger partial charge in [0.15, 0.2) is 11.5 Å². The number of para-hydroxylation sites is 1. The Bertz CT molecular complexity index is 1430. The first-order valence-corrected chi connectivity index (χ1v) is 9.40. The Morgan fingerprint density at radius 2 is 1.91 bits per heavy atom. The van der Waals surface area contributed by atoms with E-state index in [0.717, 1.165) is 5.39 Å². The smallest absolute Gasteiger partial charge is 0.308 e. The Balaban J connectivity index is 1.87. The van der Waals surface area contributed by atoms with Crippen molar-refractivity contribution in [3.63, 3.8) is 0 Å². The number of aromatic nitrogens is 4. The summed E-state index contributed by atoms with van der Waals surface area (Å²) in [5.74, 6) is -0.257. The minimum Gasteiger partial charge on any atom is -0.426 e. The number of esters is 1. The van der Waals surface area contributed by atoms with Crippen LogP contribution in [0, 0.1) is 10.1 Å². The molecule has 11 heteroatoms. The van der Waals surface area contributed by atoms with E-state index in [1.807, 2.05) is 18.2 Å². The number of anilines is 1. The Hall–Kier alpha value is -4.67. The number of nitrogens with zero attached hydrogens (tertiary/aromatic N) is 5. The van der Waals surface area contributed by atoms with E-state index in [-0.39, 0.29) is 23.3 Å². The first-order chi connectivity index (χ1) is 15.3. The summed E-state index contributed by atoms with van der Waals surface area (Å²) in [6, 6.07) is 11.2. The highest BCUT2D eigenvalue weighted by Gasteiger charge is 2.14. The molecule has 2 aromatic carbocycles. The Labute approximate surface area is 180 Å². The maximum absolute atomic E-state index is 11.4. The third-order valence-electron chi connectivity index (χ3n) is 4.36. The van der Waals surface area contributed by atoms with Gasteiger partial charge in [0.05, 0.1) is 10.4 Å². The highest BCUT2D eigenvalue weighted by atomic mass is 16.6. The molecule has 11 nitrogen and oxygen atoms in total. The maximum atomic E-state index is 11.4. The number of ether oxygens (including phenoxy) is 1. The number of hydrogen-bond acceptors (Lipinski definition) is 8. The molecule has 0 atom stereocenters. The lowest BCUT2D eigenvalue weighted by molar-refractivity contribution is -0.384. The Morgan fingerprint density at radius 3 is 2.62 bits per heavy atom. The summed E-state index contributed by atoms with van der Waals surface area (Å²) < 4.78 is 6.61. The zero-order chi connectivity index (χ0) is 22.8. The first-order valence-electron chi connectivity index (χ1n) is 9.40. The number of benzene rings is 2. The molecule has 0 spiro atoms. The van der Waals surface area contributed by atoms with Crippen LogP contribution in [-0.4, -0.2) is 36.4 Å². The molecule has 160 valence electrons. The third-order valence-corrected chi connectivity index (χ3v) is 4.36. The van der Waals surface area contributed by atoms with Crippen LogP contribution in [0.15, 0.2) is 42.5 Å². The first kappa shape index (κ1) is 20.6. The summed E-state index contributed by atoms with van der Waals surface area (Å²) in [5, 5.41) is 18.7. The molecule has 2 heterocycles. The van der Waals surface area contributed by atoms with Crippen LogP contribution in [0.2, 0.25) is 0 Å². The number of rotatable bonds is 5. The maximum Gasteiger partial charge on any atom is 0.308 e. The number of fused-ring (bicyclic) bond motifs is 3. The molecule has 0 aliphatic carbocycles. The number of nitro benzene ring substituents is 1. The number of nitro groups is 1. The number of hydrogen-bond donors (Lipinski definition) is 1. The number of carbonyl (C=O) groups excluding carboxylic acids is 2. The zero-order valence-electron chi connectivity index (χ0n) is 17.0. The third kappa shape index (κ3) is 4.12. The molecule has 2 aromatic heterocycles. The summed E-state index contributed by atoms with van der Waals surface area (Å²) in [5.41, 5.74) is 1.25. The normalized spacial score (nSPS) is 11.2. The van der Waals surface area contributed by atoms with E-state index in [0.29, 0.717) is 22.6 Å². The second kappa shape index (κ2) is 8.22. The van der Waals surface area contributed by atoms with E-state index in [9.17, 15) is 19.7 Å². The van der Waals surface area contributed by atoms with Crippen LogP contribution in [0.4, 0.5) is 11.6 Å². The molecule has 0 bridgehead atoms. The van der Waals surface area contributed by atoms with Crippen molar-refractivity contribution in [2.75, 3.05) is 5.32 Å². The van der Waals surface area contributed by atoms with Crippen molar-refractivity contribution < 1.29 is 19.2 Å². The van der Waals surface area contributed by atoms with Gasteiger partial charge in [0, 0.05) is 36.9 Å². The monoisotopic (exact) mass is 432 g/mol. The van der Waals surface area contributed by atoms with E-state index < -0.39 is 10.9 Å². The summed E-state index contributed by atoms with van der Waals surface area (Å²) in [6.45, 7) is 2.59. The fourth-order valence-corrected chi connectivity index (χ4v) is 3.09. The highest BCUT2D eigenvalue weighted by Crippen LogP contribution is 2.27. The Morgan fingerprint density at radius 1 is 1.12 bits per heavy atom. The molecule has 32 heavy (non-hydrogen) atoms. The van der Waals surface area contributed by atoms with Crippen molar-refractivity contribution in [1.82, 2.24) is 19.6 Å². The van der Waals surface area contributed by atoms with Gasteiger partial charge in [0.2, 0.25) is 11.9 Å². The average molecular weight is 432 g/mol. The molecule has 0 saturated carbocycles. The summed E-state index contributed by atoms with van der Waals surface area (Å²) in [6.07, 6.45) is 3.10. The standard InChI is InChI=1S/C21H16N6O5/c1-12(28)22-21-24-20-16-5-3-4-6-17(16)23-19(26(20)25-21)10-7-14-11-15(27(30)31)8-9-18(14)32-13(2)29/h3-11H,1-2H3,(H,22,25,28). The minimum atomic E-state index is -0.559. The Kier molecular flexibility index (Phi) is 5.29. The van der Waals surface area contributed by atoms with Crippen molar-refractivity contribution in [3.8, 4) is 5.75 Å². The quantitative estimate of drug-likeness (QED) is 0.219. The van der Waals surface area contributed by atoms with Crippen molar-refractivity contribution in [2.24, 2.45) is 0 Å². The summed E-state index contributed by atoms with van der Waals surface area (Å²) >= 11 is 0. The van der Waals surface area contributed by atoms with E-state index in [4.69, 9.17) is 4.74 Å². The lowest BCUT2D eigenvalue weighted by Crippen LogP contribution is -2.07. The van der Waals surface area contributed by atoms with Crippen molar-refractivity contribution in [1.29, 1.82) is 0 Å². The second-order valence-electron chi connectivity index (χ2n) is 6.75. The SMILES string of the molecule is CC(=O)Nc1nc2c3ccccc3nc(C=Cc3cc([N+](=O)[O-])ccc3OC(C)=O)n2n1. The van der Waals surface area contributed by atoms with E-state index in [1.165, 1.54) is 42.6 Å². The average Bonchev–Trinajstić information content (AvgIpc) is 3.15. The number of nitrogens with one attached hydrogen (secondary N) is 1. The predicted octanol–water partition coefficient (Wildman–Crippen LogP) is 3.24. The van der Waals surface area contributed by atoms with Crippen LogP contribution < -0.4 is 10.1 Å². The van der Waals surface area contributed by atoms with Gasteiger partial charge >= 0.3 is 5.97 Å². The molecule has 0 radical (unpaired) electrons. The van der Waals surface area contributed by atoms with Crippen LogP contribution in [0.1, 0.15) is 25.2 Å². The minimum absolute atomic E-state index is 0.112. The molecule has 4 rings (SSSR count). The molecule has 1 amide bonds. The van der Waals surface area contributed by atoms with Gasteiger partial charge in [-0.1, -0.05) is 12.1 Å². The van der Waals surface area contributed by atoms with Gasteiger partial charge in [0.1, 0.15) is 5.75 Å². The molecule has 0 unspecified atom stereocenters. The van der Waals surface area contributed by atoms with Crippen molar-refractivity contribution >= 4 is 52.2 Å². The number of amides is 1. The zero-order valence-corrected chi connectivity index (χ0v) is 17.0. The molecule has 0 aliphatic rings. The number of carbonyl (C=O) groups is 2. The van der Waals surface area contributed by atoms with Crippen LogP contribution in [0.3, 0.4) is 0 Å². The largest absolute Gasteiger partial charge is 0.426 e. The molecule has 4 aromatic rings. The predicted molar refractivity (Wildman–Crippen MR) is 116 cm³/mol. The summed E-state index contributed by atoms with van der Waals surface area (Å²) in [4.78, 5) is 42.4. The van der Waals surface area contributed by atoms with Gasteiger partial charge in [-0.3, -0.25) is 25.0 Å². The van der Waals surface area contributed by atoms with E-state index >= 15 is 0 Å². The van der Waals surface area contributed by atoms with Gasteiger partial charge in [-0.05, 0) is 30.4 Å². The second-order valence-corrected chi connectivity index (χ2v) is 6.75. The van der Waals surface area contributed by atoms with Gasteiger partial charge in [0.25, 0.3) is 5.69 Å². The van der Waals surface area contributed by atoms with Crippen LogP contribution in [-0.2, 0) is 9.59 Å². The molecule has 0 aliphatic heterocycles. The van der Waals surface area contributed by atoms with E-state index in [2.05, 4.69) is 20.4 Å². The van der Waals surface area contributed by atoms with Gasteiger partial charge in [-0.25, -0.2) is 4.98 Å². The van der Waals surface area contributed by atoms with E-state index in [1.54, 1.807) is 12.1 Å². The van der Waals surface area contributed by atoms with Crippen LogP contribution in [0.5, 0.6) is 5.75 Å². The molecular weight excluding hydrogens is 416 g/mol. The molecule has 0 saturated heterocycles. The van der Waals surface area contributed by atoms with Gasteiger partial charge < -0.3 is 4.74 Å².